The van der Waals surface area contributed by atoms with Gasteiger partial charge in [-0.05, 0) is 40.5 Å². The van der Waals surface area contributed by atoms with Crippen LogP contribution < -0.4 is 10.6 Å². The first-order valence-corrected chi connectivity index (χ1v) is 8.84. The molecule has 0 aromatic heterocycles. The lowest BCUT2D eigenvalue weighted by Crippen LogP contribution is -2.63. The van der Waals surface area contributed by atoms with Crippen LogP contribution in [0.2, 0.25) is 0 Å². The SMILES string of the molecule is CCNC(=NCCCCC(=O)OC)NC1CN(C(=O)OC(C)(C)C)C1.I. The summed E-state index contributed by atoms with van der Waals surface area (Å²) in [5, 5.41) is 6.50. The third-order valence-corrected chi connectivity index (χ3v) is 3.50. The van der Waals surface area contributed by atoms with Gasteiger partial charge in [0.05, 0.1) is 13.2 Å². The van der Waals surface area contributed by atoms with E-state index in [2.05, 4.69) is 20.4 Å². The van der Waals surface area contributed by atoms with Gasteiger partial charge in [0.1, 0.15) is 5.60 Å². The normalized spacial score (nSPS) is 14.8. The zero-order chi connectivity index (χ0) is 18.9. The number of unbranched alkanes of at least 4 members (excludes halogenated alkanes) is 1. The number of rotatable bonds is 7. The average molecular weight is 484 g/mol. The minimum Gasteiger partial charge on any atom is -0.469 e. The highest BCUT2D eigenvalue weighted by Crippen LogP contribution is 2.15. The minimum absolute atomic E-state index is 0. The van der Waals surface area contributed by atoms with Crippen molar-refractivity contribution in [1.82, 2.24) is 15.5 Å². The van der Waals surface area contributed by atoms with E-state index >= 15 is 0 Å². The second-order valence-electron chi connectivity index (χ2n) is 7.02. The summed E-state index contributed by atoms with van der Waals surface area (Å²) in [7, 11) is 1.40. The van der Waals surface area contributed by atoms with Crippen LogP contribution >= 0.6 is 24.0 Å². The fraction of sp³-hybridized carbons (Fsp3) is 0.824. The molecule has 1 aliphatic heterocycles. The second kappa shape index (κ2) is 12.2. The summed E-state index contributed by atoms with van der Waals surface area (Å²) in [6.07, 6.45) is 1.71. The smallest absolute Gasteiger partial charge is 0.410 e. The van der Waals surface area contributed by atoms with Gasteiger partial charge in [-0.3, -0.25) is 9.79 Å². The van der Waals surface area contributed by atoms with Crippen molar-refractivity contribution in [3.8, 4) is 0 Å². The quantitative estimate of drug-likeness (QED) is 0.189. The molecule has 0 aliphatic carbocycles. The molecular weight excluding hydrogens is 451 g/mol. The number of guanidine groups is 1. The first kappa shape index (κ1) is 24.7. The second-order valence-corrected chi connectivity index (χ2v) is 7.02. The maximum atomic E-state index is 11.9. The van der Waals surface area contributed by atoms with Crippen molar-refractivity contribution in [1.29, 1.82) is 0 Å². The Morgan fingerprint density at radius 3 is 2.42 bits per heavy atom. The number of halogens is 1. The van der Waals surface area contributed by atoms with Gasteiger partial charge in [-0.15, -0.1) is 24.0 Å². The molecule has 0 aromatic rings. The lowest BCUT2D eigenvalue weighted by atomic mass is 10.1. The topological polar surface area (TPSA) is 92.3 Å². The number of hydrogen-bond donors (Lipinski definition) is 2. The van der Waals surface area contributed by atoms with E-state index in [4.69, 9.17) is 4.74 Å². The van der Waals surface area contributed by atoms with E-state index in [-0.39, 0.29) is 42.1 Å². The zero-order valence-electron chi connectivity index (χ0n) is 16.5. The molecule has 9 heteroatoms. The molecule has 1 aliphatic rings. The van der Waals surface area contributed by atoms with E-state index < -0.39 is 5.60 Å². The van der Waals surface area contributed by atoms with Crippen LogP contribution in [0.4, 0.5) is 4.79 Å². The molecule has 0 radical (unpaired) electrons. The molecule has 2 N–H and O–H groups in total. The highest BCUT2D eigenvalue weighted by Gasteiger charge is 2.34. The molecule has 1 amide bonds. The van der Waals surface area contributed by atoms with E-state index in [9.17, 15) is 9.59 Å². The summed E-state index contributed by atoms with van der Waals surface area (Å²) in [5.41, 5.74) is -0.476. The Hall–Kier alpha value is -1.26. The summed E-state index contributed by atoms with van der Waals surface area (Å²) in [5.74, 6) is 0.542. The van der Waals surface area contributed by atoms with Crippen LogP contribution in [-0.2, 0) is 14.3 Å². The molecule has 8 nitrogen and oxygen atoms in total. The number of nitrogens with zero attached hydrogens (tertiary/aromatic N) is 2. The molecule has 0 bridgehead atoms. The van der Waals surface area contributed by atoms with Crippen molar-refractivity contribution in [2.24, 2.45) is 4.99 Å². The van der Waals surface area contributed by atoms with Gasteiger partial charge in [0.25, 0.3) is 0 Å². The molecule has 1 rings (SSSR count). The van der Waals surface area contributed by atoms with Crippen molar-refractivity contribution in [3.05, 3.63) is 0 Å². The molecule has 152 valence electrons. The Balaban J connectivity index is 0.00000625. The van der Waals surface area contributed by atoms with Crippen molar-refractivity contribution in [2.75, 3.05) is 33.3 Å². The zero-order valence-corrected chi connectivity index (χ0v) is 18.8. The molecule has 26 heavy (non-hydrogen) atoms. The van der Waals surface area contributed by atoms with Crippen LogP contribution in [0.25, 0.3) is 0 Å². The largest absolute Gasteiger partial charge is 0.469 e. The van der Waals surface area contributed by atoms with Gasteiger partial charge >= 0.3 is 12.1 Å². The van der Waals surface area contributed by atoms with Crippen LogP contribution in [0.1, 0.15) is 47.0 Å². The Labute approximate surface area is 173 Å². The maximum absolute atomic E-state index is 11.9. The van der Waals surface area contributed by atoms with Crippen molar-refractivity contribution >= 4 is 42.0 Å². The Bertz CT molecular complexity index is 474. The first-order valence-electron chi connectivity index (χ1n) is 8.84. The fourth-order valence-corrected chi connectivity index (χ4v) is 2.23. The molecule has 0 aromatic carbocycles. The summed E-state index contributed by atoms with van der Waals surface area (Å²) in [6.45, 7) is 10.2. The maximum Gasteiger partial charge on any atom is 0.410 e. The Morgan fingerprint density at radius 2 is 1.88 bits per heavy atom. The fourth-order valence-electron chi connectivity index (χ4n) is 2.23. The molecule has 0 atom stereocenters. The third kappa shape index (κ3) is 10.0. The third-order valence-electron chi connectivity index (χ3n) is 3.50. The van der Waals surface area contributed by atoms with Gasteiger partial charge in [-0.1, -0.05) is 0 Å². The van der Waals surface area contributed by atoms with E-state index in [0.717, 1.165) is 25.3 Å². The first-order chi connectivity index (χ1) is 11.7. The Kier molecular flexibility index (Phi) is 11.6. The summed E-state index contributed by atoms with van der Waals surface area (Å²) >= 11 is 0. The number of likely N-dealkylation sites (tertiary alicyclic amines) is 1. The van der Waals surface area contributed by atoms with Gasteiger partial charge in [0, 0.05) is 32.6 Å². The molecular formula is C17H33IN4O4. The van der Waals surface area contributed by atoms with Crippen LogP contribution in [0, 0.1) is 0 Å². The number of methoxy groups -OCH3 is 1. The summed E-state index contributed by atoms with van der Waals surface area (Å²) < 4.78 is 9.95. The van der Waals surface area contributed by atoms with Crippen molar-refractivity contribution in [2.45, 2.75) is 58.6 Å². The average Bonchev–Trinajstić information content (AvgIpc) is 2.47. The minimum atomic E-state index is -0.476. The Morgan fingerprint density at radius 1 is 1.23 bits per heavy atom. The van der Waals surface area contributed by atoms with E-state index in [1.165, 1.54) is 7.11 Å². The number of esters is 1. The standard InChI is InChI=1S/C17H32N4O4.HI/c1-6-18-15(19-10-8-7-9-14(22)24-5)20-13-11-21(12-13)16(23)25-17(2,3)4;/h13H,6-12H2,1-5H3,(H2,18,19,20);1H. The van der Waals surface area contributed by atoms with E-state index in [1.807, 2.05) is 27.7 Å². The molecule has 1 saturated heterocycles. The summed E-state index contributed by atoms with van der Waals surface area (Å²) in [6, 6.07) is 0.167. The lowest BCUT2D eigenvalue weighted by molar-refractivity contribution is -0.140. The number of amides is 1. The van der Waals surface area contributed by atoms with Gasteiger partial charge in [-0.2, -0.15) is 0 Å². The number of hydrogen-bond acceptors (Lipinski definition) is 5. The molecule has 0 unspecified atom stereocenters. The number of carbonyl (C=O) groups is 2. The van der Waals surface area contributed by atoms with Crippen LogP contribution in [-0.4, -0.2) is 67.9 Å². The van der Waals surface area contributed by atoms with Gasteiger partial charge in [0.15, 0.2) is 5.96 Å². The van der Waals surface area contributed by atoms with E-state index in [1.54, 1.807) is 4.90 Å². The van der Waals surface area contributed by atoms with Crippen LogP contribution in [0.3, 0.4) is 0 Å². The number of aliphatic imine (C=N–C) groups is 1. The lowest BCUT2D eigenvalue weighted by Gasteiger charge is -2.40. The summed E-state index contributed by atoms with van der Waals surface area (Å²) in [4.78, 5) is 29.1. The predicted molar refractivity (Wildman–Crippen MR) is 112 cm³/mol. The van der Waals surface area contributed by atoms with Gasteiger partial charge in [0.2, 0.25) is 0 Å². The number of ether oxygens (including phenoxy) is 2. The van der Waals surface area contributed by atoms with Gasteiger partial charge in [-0.25, -0.2) is 4.79 Å². The number of carbonyl (C=O) groups excluding carboxylic acids is 2. The van der Waals surface area contributed by atoms with Crippen LogP contribution in [0.5, 0.6) is 0 Å². The molecule has 1 heterocycles. The highest BCUT2D eigenvalue weighted by atomic mass is 127. The predicted octanol–water partition coefficient (Wildman–Crippen LogP) is 2.12. The van der Waals surface area contributed by atoms with Gasteiger partial charge < -0.3 is 25.0 Å². The number of nitrogens with one attached hydrogen (secondary N) is 2. The van der Waals surface area contributed by atoms with Crippen LogP contribution in [0.15, 0.2) is 4.99 Å². The molecule has 0 saturated carbocycles. The van der Waals surface area contributed by atoms with E-state index in [0.29, 0.717) is 26.1 Å². The van der Waals surface area contributed by atoms with Crippen molar-refractivity contribution in [3.63, 3.8) is 0 Å². The molecule has 0 spiro atoms. The monoisotopic (exact) mass is 484 g/mol. The highest BCUT2D eigenvalue weighted by molar-refractivity contribution is 14.0. The molecule has 1 fully saturated rings. The van der Waals surface area contributed by atoms with Crippen molar-refractivity contribution < 1.29 is 19.1 Å².